The third-order valence-electron chi connectivity index (χ3n) is 1.69. The van der Waals surface area contributed by atoms with Crippen molar-refractivity contribution in [2.24, 2.45) is 0 Å². The van der Waals surface area contributed by atoms with Crippen LogP contribution in [0.4, 0.5) is 10.8 Å². The zero-order valence-electron chi connectivity index (χ0n) is 8.01. The molecular formula is C9H9N3OS2. The highest BCUT2D eigenvalue weighted by Crippen LogP contribution is 2.18. The molecule has 0 radical (unpaired) electrons. The second kappa shape index (κ2) is 4.50. The van der Waals surface area contributed by atoms with Crippen LogP contribution in [0.1, 0.15) is 0 Å². The van der Waals surface area contributed by atoms with E-state index in [1.807, 2.05) is 30.3 Å². The molecule has 15 heavy (non-hydrogen) atoms. The number of aromatic nitrogens is 2. The number of benzene rings is 1. The Morgan fingerprint density at radius 2 is 2.07 bits per heavy atom. The van der Waals surface area contributed by atoms with Crippen LogP contribution in [0.15, 0.2) is 35.5 Å². The lowest BCUT2D eigenvalue weighted by Gasteiger charge is -1.99. The van der Waals surface area contributed by atoms with Crippen LogP contribution in [0.25, 0.3) is 0 Å². The molecule has 2 aromatic rings. The van der Waals surface area contributed by atoms with Crippen LogP contribution in [0.3, 0.4) is 0 Å². The molecule has 1 atom stereocenters. The van der Waals surface area contributed by atoms with E-state index in [-0.39, 0.29) is 0 Å². The SMILES string of the molecule is C[S@@](=O)c1nsc(Nc2ccccc2)n1. The van der Waals surface area contributed by atoms with Gasteiger partial charge in [-0.25, -0.2) is 0 Å². The minimum Gasteiger partial charge on any atom is -0.330 e. The van der Waals surface area contributed by atoms with Gasteiger partial charge in [0.25, 0.3) is 0 Å². The molecule has 0 saturated heterocycles. The van der Waals surface area contributed by atoms with Gasteiger partial charge >= 0.3 is 0 Å². The molecule has 1 aromatic heterocycles. The molecule has 0 amide bonds. The molecule has 1 aromatic carbocycles. The summed E-state index contributed by atoms with van der Waals surface area (Å²) in [6, 6.07) is 9.68. The zero-order chi connectivity index (χ0) is 10.7. The summed E-state index contributed by atoms with van der Waals surface area (Å²) in [5, 5.41) is 4.12. The molecule has 4 nitrogen and oxygen atoms in total. The van der Waals surface area contributed by atoms with Gasteiger partial charge in [0.05, 0.1) is 10.8 Å². The van der Waals surface area contributed by atoms with Crippen molar-refractivity contribution < 1.29 is 4.21 Å². The number of para-hydroxylation sites is 1. The standard InChI is InChI=1S/C9H9N3OS2/c1-15(13)9-11-8(14-12-9)10-7-5-3-2-4-6-7/h2-6H,1H3,(H,10,11,12)/t15-/m1/s1. The Balaban J connectivity index is 2.15. The van der Waals surface area contributed by atoms with E-state index in [4.69, 9.17) is 0 Å². The van der Waals surface area contributed by atoms with E-state index in [0.717, 1.165) is 5.69 Å². The second-order valence-electron chi connectivity index (χ2n) is 2.83. The lowest BCUT2D eigenvalue weighted by atomic mass is 10.3. The molecule has 0 spiro atoms. The van der Waals surface area contributed by atoms with Gasteiger partial charge in [0.1, 0.15) is 0 Å². The molecule has 0 aliphatic rings. The van der Waals surface area contributed by atoms with E-state index >= 15 is 0 Å². The summed E-state index contributed by atoms with van der Waals surface area (Å²) in [4.78, 5) is 4.10. The van der Waals surface area contributed by atoms with E-state index in [1.165, 1.54) is 11.5 Å². The molecule has 0 saturated carbocycles. The van der Waals surface area contributed by atoms with E-state index in [1.54, 1.807) is 6.26 Å². The molecule has 0 aliphatic heterocycles. The maximum absolute atomic E-state index is 11.1. The molecule has 78 valence electrons. The predicted octanol–water partition coefficient (Wildman–Crippen LogP) is 2.02. The summed E-state index contributed by atoms with van der Waals surface area (Å²) in [5.74, 6) is 0. The number of hydrogen-bond donors (Lipinski definition) is 1. The second-order valence-corrected chi connectivity index (χ2v) is 4.85. The maximum atomic E-state index is 11.1. The quantitative estimate of drug-likeness (QED) is 0.890. The number of nitrogens with one attached hydrogen (secondary N) is 1. The van der Waals surface area contributed by atoms with Crippen molar-refractivity contribution in [2.45, 2.75) is 5.16 Å². The van der Waals surface area contributed by atoms with Gasteiger partial charge in [-0.15, -0.1) is 0 Å². The first-order valence-corrected chi connectivity index (χ1v) is 6.58. The smallest absolute Gasteiger partial charge is 0.232 e. The lowest BCUT2D eigenvalue weighted by Crippen LogP contribution is -1.92. The van der Waals surface area contributed by atoms with Gasteiger partial charge in [-0.3, -0.25) is 4.21 Å². The molecule has 0 aliphatic carbocycles. The molecule has 1 heterocycles. The summed E-state index contributed by atoms with van der Waals surface area (Å²) < 4.78 is 15.1. The van der Waals surface area contributed by atoms with Crippen molar-refractivity contribution in [1.29, 1.82) is 0 Å². The Labute approximate surface area is 94.0 Å². The Morgan fingerprint density at radius 3 is 2.67 bits per heavy atom. The third kappa shape index (κ3) is 2.60. The normalized spacial score (nSPS) is 12.3. The number of rotatable bonds is 3. The van der Waals surface area contributed by atoms with Gasteiger partial charge in [0, 0.05) is 23.5 Å². The Kier molecular flexibility index (Phi) is 3.08. The van der Waals surface area contributed by atoms with Crippen molar-refractivity contribution in [2.75, 3.05) is 11.6 Å². The van der Waals surface area contributed by atoms with Crippen LogP contribution < -0.4 is 5.32 Å². The molecular weight excluding hydrogens is 230 g/mol. The first-order valence-electron chi connectivity index (χ1n) is 4.25. The summed E-state index contributed by atoms with van der Waals surface area (Å²) in [5.41, 5.74) is 0.946. The summed E-state index contributed by atoms with van der Waals surface area (Å²) in [6.45, 7) is 0. The van der Waals surface area contributed by atoms with Gasteiger partial charge in [-0.1, -0.05) is 18.2 Å². The number of anilines is 2. The Bertz CT molecular complexity index is 469. The van der Waals surface area contributed by atoms with Crippen LogP contribution in [0, 0.1) is 0 Å². The topological polar surface area (TPSA) is 54.9 Å². The number of hydrogen-bond acceptors (Lipinski definition) is 5. The summed E-state index contributed by atoms with van der Waals surface area (Å²) >= 11 is 1.21. The summed E-state index contributed by atoms with van der Waals surface area (Å²) in [7, 11) is -1.12. The Morgan fingerprint density at radius 1 is 1.33 bits per heavy atom. The van der Waals surface area contributed by atoms with Crippen LogP contribution in [-0.4, -0.2) is 19.8 Å². The monoisotopic (exact) mass is 239 g/mol. The van der Waals surface area contributed by atoms with Gasteiger partial charge in [-0.2, -0.15) is 9.36 Å². The first-order chi connectivity index (χ1) is 7.25. The fraction of sp³-hybridized carbons (Fsp3) is 0.111. The largest absolute Gasteiger partial charge is 0.330 e. The lowest BCUT2D eigenvalue weighted by molar-refractivity contribution is 0.682. The van der Waals surface area contributed by atoms with Crippen molar-refractivity contribution in [1.82, 2.24) is 9.36 Å². The van der Waals surface area contributed by atoms with Crippen LogP contribution in [0.5, 0.6) is 0 Å². The highest BCUT2D eigenvalue weighted by Gasteiger charge is 2.06. The van der Waals surface area contributed by atoms with Crippen LogP contribution in [0.2, 0.25) is 0 Å². The van der Waals surface area contributed by atoms with Gasteiger partial charge < -0.3 is 5.32 Å². The summed E-state index contributed by atoms with van der Waals surface area (Å²) in [6.07, 6.45) is 1.56. The average molecular weight is 239 g/mol. The zero-order valence-corrected chi connectivity index (χ0v) is 9.64. The first kappa shape index (κ1) is 10.3. The number of nitrogens with zero attached hydrogens (tertiary/aromatic N) is 2. The molecule has 2 rings (SSSR count). The average Bonchev–Trinajstić information content (AvgIpc) is 2.68. The van der Waals surface area contributed by atoms with Crippen molar-refractivity contribution in [3.05, 3.63) is 30.3 Å². The van der Waals surface area contributed by atoms with E-state index in [0.29, 0.717) is 10.3 Å². The predicted molar refractivity (Wildman–Crippen MR) is 62.0 cm³/mol. The van der Waals surface area contributed by atoms with Crippen molar-refractivity contribution in [3.63, 3.8) is 0 Å². The van der Waals surface area contributed by atoms with Crippen molar-refractivity contribution in [3.8, 4) is 0 Å². The van der Waals surface area contributed by atoms with Gasteiger partial charge in [0.15, 0.2) is 0 Å². The van der Waals surface area contributed by atoms with Crippen LogP contribution >= 0.6 is 11.5 Å². The molecule has 0 bridgehead atoms. The highest BCUT2D eigenvalue weighted by molar-refractivity contribution is 7.84. The fourth-order valence-corrected chi connectivity index (χ4v) is 2.33. The van der Waals surface area contributed by atoms with Crippen molar-refractivity contribution >= 4 is 33.2 Å². The maximum Gasteiger partial charge on any atom is 0.232 e. The van der Waals surface area contributed by atoms with E-state index in [9.17, 15) is 4.21 Å². The fourth-order valence-electron chi connectivity index (χ4n) is 1.02. The molecule has 0 fully saturated rings. The van der Waals surface area contributed by atoms with Gasteiger partial charge in [-0.05, 0) is 12.1 Å². The Hall–Kier alpha value is -1.27. The molecule has 1 N–H and O–H groups in total. The van der Waals surface area contributed by atoms with Gasteiger partial charge in [0.2, 0.25) is 10.3 Å². The highest BCUT2D eigenvalue weighted by atomic mass is 32.2. The molecule has 0 unspecified atom stereocenters. The van der Waals surface area contributed by atoms with E-state index in [2.05, 4.69) is 14.7 Å². The van der Waals surface area contributed by atoms with Crippen LogP contribution in [-0.2, 0) is 10.8 Å². The minimum atomic E-state index is -1.12. The third-order valence-corrected chi connectivity index (χ3v) is 3.13. The minimum absolute atomic E-state index is 0.374. The van der Waals surface area contributed by atoms with E-state index < -0.39 is 10.8 Å². The molecule has 6 heteroatoms.